The van der Waals surface area contributed by atoms with Crippen molar-refractivity contribution >= 4 is 17.3 Å². The molecular weight excluding hydrogens is 402 g/mol. The molecule has 1 fully saturated rings. The Morgan fingerprint density at radius 1 is 1.45 bits per heavy atom. The summed E-state index contributed by atoms with van der Waals surface area (Å²) in [5, 5.41) is 35.3. The molecule has 2 aromatic rings. The maximum atomic E-state index is 12.0. The average molecular weight is 427 g/mol. The van der Waals surface area contributed by atoms with Crippen molar-refractivity contribution in [3.63, 3.8) is 0 Å². The van der Waals surface area contributed by atoms with Gasteiger partial charge in [0.1, 0.15) is 42.8 Å². The Balaban J connectivity index is 1.83. The highest BCUT2D eigenvalue weighted by Gasteiger charge is 2.58. The van der Waals surface area contributed by atoms with Crippen molar-refractivity contribution in [1.82, 2.24) is 14.6 Å². The molecule has 2 aromatic heterocycles. The van der Waals surface area contributed by atoms with Crippen LogP contribution in [0.15, 0.2) is 12.4 Å². The normalized spacial score (nSPS) is 25.3. The number of hydrogen-bond donors (Lipinski definition) is 3. The lowest BCUT2D eigenvalue weighted by Gasteiger charge is -2.24. The van der Waals surface area contributed by atoms with E-state index in [0.717, 1.165) is 19.3 Å². The molecule has 1 aliphatic heterocycles. The van der Waals surface area contributed by atoms with Gasteiger partial charge >= 0.3 is 5.97 Å². The van der Waals surface area contributed by atoms with Gasteiger partial charge in [-0.15, -0.1) is 6.42 Å². The fraction of sp³-hybridized carbons (Fsp3) is 0.524. The van der Waals surface area contributed by atoms with Gasteiger partial charge in [0.2, 0.25) is 5.60 Å². The SMILES string of the molecule is C#Cc1cc(C2(C#N)OC(COC(=O)CCCCCC)C(O)C2O)n2ncnc(N)c12. The lowest BCUT2D eigenvalue weighted by atomic mass is 9.92. The van der Waals surface area contributed by atoms with Gasteiger partial charge < -0.3 is 25.4 Å². The molecule has 3 rings (SSSR count). The highest BCUT2D eigenvalue weighted by atomic mass is 16.6. The molecule has 1 aliphatic rings. The van der Waals surface area contributed by atoms with E-state index in [1.54, 1.807) is 0 Å². The quantitative estimate of drug-likeness (QED) is 0.312. The van der Waals surface area contributed by atoms with Crippen LogP contribution in [0.2, 0.25) is 0 Å². The number of nitrogens with zero attached hydrogens (tertiary/aromatic N) is 4. The minimum Gasteiger partial charge on any atom is -0.463 e. The van der Waals surface area contributed by atoms with Crippen LogP contribution in [0.5, 0.6) is 0 Å². The topological polar surface area (TPSA) is 156 Å². The van der Waals surface area contributed by atoms with E-state index in [0.29, 0.717) is 12.0 Å². The zero-order valence-electron chi connectivity index (χ0n) is 17.2. The summed E-state index contributed by atoms with van der Waals surface area (Å²) < 4.78 is 12.2. The number of nitriles is 1. The van der Waals surface area contributed by atoms with Crippen LogP contribution >= 0.6 is 0 Å². The smallest absolute Gasteiger partial charge is 0.305 e. The van der Waals surface area contributed by atoms with Crippen LogP contribution < -0.4 is 5.73 Å². The molecule has 10 nitrogen and oxygen atoms in total. The Hall–Kier alpha value is -3.18. The highest BCUT2D eigenvalue weighted by Crippen LogP contribution is 2.41. The molecule has 4 N–H and O–H groups in total. The molecule has 0 amide bonds. The lowest BCUT2D eigenvalue weighted by molar-refractivity contribution is -0.150. The largest absolute Gasteiger partial charge is 0.463 e. The van der Waals surface area contributed by atoms with E-state index in [4.69, 9.17) is 21.6 Å². The first-order chi connectivity index (χ1) is 14.9. The number of ether oxygens (including phenoxy) is 2. The second-order valence-corrected chi connectivity index (χ2v) is 7.43. The van der Waals surface area contributed by atoms with E-state index in [2.05, 4.69) is 22.9 Å². The summed E-state index contributed by atoms with van der Waals surface area (Å²) in [6.45, 7) is 1.77. The number of fused-ring (bicyclic) bond motifs is 1. The average Bonchev–Trinajstić information content (AvgIpc) is 3.27. The summed E-state index contributed by atoms with van der Waals surface area (Å²) in [5.41, 5.74) is 4.56. The predicted octanol–water partition coefficient (Wildman–Crippen LogP) is 0.646. The van der Waals surface area contributed by atoms with Gasteiger partial charge in [-0.05, 0) is 12.5 Å². The van der Waals surface area contributed by atoms with Gasteiger partial charge in [0, 0.05) is 6.42 Å². The third kappa shape index (κ3) is 4.06. The minimum atomic E-state index is -2.00. The zero-order chi connectivity index (χ0) is 22.6. The number of rotatable bonds is 8. The first kappa shape index (κ1) is 22.5. The Morgan fingerprint density at radius 2 is 2.23 bits per heavy atom. The molecule has 0 spiro atoms. The number of esters is 1. The zero-order valence-corrected chi connectivity index (χ0v) is 17.2. The number of carbonyl (C=O) groups is 1. The molecule has 0 saturated carbocycles. The van der Waals surface area contributed by atoms with Crippen molar-refractivity contribution in [3.05, 3.63) is 23.7 Å². The van der Waals surface area contributed by atoms with Crippen LogP contribution in [0.25, 0.3) is 5.52 Å². The Bertz CT molecular complexity index is 1040. The molecule has 10 heteroatoms. The molecule has 0 aliphatic carbocycles. The van der Waals surface area contributed by atoms with Gasteiger partial charge in [-0.25, -0.2) is 9.50 Å². The number of terminal acetylenes is 1. The maximum absolute atomic E-state index is 12.0. The maximum Gasteiger partial charge on any atom is 0.305 e. The number of anilines is 1. The van der Waals surface area contributed by atoms with Crippen molar-refractivity contribution in [2.45, 2.75) is 62.9 Å². The summed E-state index contributed by atoms with van der Waals surface area (Å²) in [6, 6.07) is 3.36. The standard InChI is InChI=1S/C21H25N5O5/c1-3-5-6-7-8-16(27)30-10-14-18(28)19(29)21(11-22,31-14)15-9-13(4-2)17-20(23)24-12-25-26(15)17/h2,9,12,14,18-19,28-29H,3,5-8,10H2,1H3,(H2,23,24,25). The highest BCUT2D eigenvalue weighted by molar-refractivity contribution is 5.75. The number of carbonyl (C=O) groups excluding carboxylic acids is 1. The van der Waals surface area contributed by atoms with Crippen molar-refractivity contribution in [2.24, 2.45) is 0 Å². The van der Waals surface area contributed by atoms with Crippen molar-refractivity contribution < 1.29 is 24.5 Å². The van der Waals surface area contributed by atoms with E-state index in [1.165, 1.54) is 16.9 Å². The van der Waals surface area contributed by atoms with Gasteiger partial charge in [0.05, 0.1) is 11.3 Å². The Morgan fingerprint density at radius 3 is 2.90 bits per heavy atom. The fourth-order valence-corrected chi connectivity index (χ4v) is 3.70. The number of hydrogen-bond acceptors (Lipinski definition) is 9. The second kappa shape index (κ2) is 9.31. The number of unbranched alkanes of at least 4 members (excludes halogenated alkanes) is 3. The summed E-state index contributed by atoms with van der Waals surface area (Å²) in [7, 11) is 0. The minimum absolute atomic E-state index is 0.0869. The summed E-state index contributed by atoms with van der Waals surface area (Å²) >= 11 is 0. The third-order valence-corrected chi connectivity index (χ3v) is 5.39. The van der Waals surface area contributed by atoms with Gasteiger partial charge in [0.15, 0.2) is 5.82 Å². The van der Waals surface area contributed by atoms with Crippen molar-refractivity contribution in [2.75, 3.05) is 12.3 Å². The van der Waals surface area contributed by atoms with Gasteiger partial charge in [-0.2, -0.15) is 10.4 Å². The van der Waals surface area contributed by atoms with E-state index in [1.807, 2.05) is 6.07 Å². The van der Waals surface area contributed by atoms with Crippen LogP contribution in [0.3, 0.4) is 0 Å². The molecule has 0 aromatic carbocycles. The fourth-order valence-electron chi connectivity index (χ4n) is 3.70. The van der Waals surface area contributed by atoms with Crippen LogP contribution in [0.1, 0.15) is 50.3 Å². The second-order valence-electron chi connectivity index (χ2n) is 7.43. The molecule has 4 atom stereocenters. The number of aromatic nitrogens is 3. The number of nitrogen functional groups attached to an aromatic ring is 1. The van der Waals surface area contributed by atoms with E-state index in [9.17, 15) is 20.3 Å². The van der Waals surface area contributed by atoms with Crippen molar-refractivity contribution in [3.8, 4) is 18.4 Å². The summed E-state index contributed by atoms with van der Waals surface area (Å²) in [5.74, 6) is 2.10. The van der Waals surface area contributed by atoms with Gasteiger partial charge in [-0.1, -0.05) is 32.1 Å². The van der Waals surface area contributed by atoms with Gasteiger partial charge in [-0.3, -0.25) is 4.79 Å². The number of nitrogens with two attached hydrogens (primary N) is 1. The van der Waals surface area contributed by atoms with Crippen LogP contribution in [-0.2, 0) is 19.9 Å². The van der Waals surface area contributed by atoms with E-state index >= 15 is 0 Å². The summed E-state index contributed by atoms with van der Waals surface area (Å²) in [6.07, 6.45) is 6.44. The molecule has 3 heterocycles. The molecule has 0 radical (unpaired) electrons. The molecular formula is C21H25N5O5. The molecule has 4 unspecified atom stereocenters. The van der Waals surface area contributed by atoms with Crippen LogP contribution in [0, 0.1) is 23.7 Å². The van der Waals surface area contributed by atoms with Crippen molar-refractivity contribution in [1.29, 1.82) is 5.26 Å². The molecule has 31 heavy (non-hydrogen) atoms. The Labute approximate surface area is 179 Å². The monoisotopic (exact) mass is 427 g/mol. The first-order valence-electron chi connectivity index (χ1n) is 10.1. The molecule has 1 saturated heterocycles. The number of aliphatic hydroxyl groups is 2. The third-order valence-electron chi connectivity index (χ3n) is 5.39. The van der Waals surface area contributed by atoms with E-state index < -0.39 is 29.9 Å². The summed E-state index contributed by atoms with van der Waals surface area (Å²) in [4.78, 5) is 15.9. The lowest BCUT2D eigenvalue weighted by Crippen LogP contribution is -2.41. The molecule has 0 bridgehead atoms. The van der Waals surface area contributed by atoms with Crippen LogP contribution in [0.4, 0.5) is 5.82 Å². The first-order valence-corrected chi connectivity index (χ1v) is 10.1. The predicted molar refractivity (Wildman–Crippen MR) is 109 cm³/mol. The van der Waals surface area contributed by atoms with Gasteiger partial charge in [0.25, 0.3) is 0 Å². The molecule has 164 valence electrons. The number of aliphatic hydroxyl groups excluding tert-OH is 2. The van der Waals surface area contributed by atoms with E-state index in [-0.39, 0.29) is 30.1 Å². The Kier molecular flexibility index (Phi) is 6.76. The van der Waals surface area contributed by atoms with Crippen LogP contribution in [-0.4, -0.2) is 55.7 Å².